The van der Waals surface area contributed by atoms with Gasteiger partial charge >= 0.3 is 0 Å². The summed E-state index contributed by atoms with van der Waals surface area (Å²) >= 11 is 0. The molecule has 0 bridgehead atoms. The Morgan fingerprint density at radius 3 is 2.63 bits per heavy atom. The summed E-state index contributed by atoms with van der Waals surface area (Å²) in [6, 6.07) is 11.5. The summed E-state index contributed by atoms with van der Waals surface area (Å²) in [5.74, 6) is -0.744. The largest absolute Gasteiger partial charge is 0.492 e. The van der Waals surface area contributed by atoms with Crippen molar-refractivity contribution in [2.45, 2.75) is 27.3 Å². The van der Waals surface area contributed by atoms with Gasteiger partial charge in [-0.1, -0.05) is 23.4 Å². The summed E-state index contributed by atoms with van der Waals surface area (Å²) in [5.41, 5.74) is 1.85. The van der Waals surface area contributed by atoms with Crippen LogP contribution in [0.5, 0.6) is 5.75 Å². The lowest BCUT2D eigenvalue weighted by Gasteiger charge is -2.10. The molecule has 0 saturated carbocycles. The minimum Gasteiger partial charge on any atom is -0.492 e. The predicted octanol–water partition coefficient (Wildman–Crippen LogP) is 3.32. The molecule has 8 nitrogen and oxygen atoms in total. The fraction of sp³-hybridized carbons (Fsp3) is 0.238. The van der Waals surface area contributed by atoms with Crippen LogP contribution in [0.1, 0.15) is 28.7 Å². The van der Waals surface area contributed by atoms with Crippen molar-refractivity contribution < 1.29 is 18.7 Å². The van der Waals surface area contributed by atoms with E-state index in [-0.39, 0.29) is 12.2 Å². The number of hydrogen-bond donors (Lipinski definition) is 2. The summed E-state index contributed by atoms with van der Waals surface area (Å²) in [7, 11) is 0. The van der Waals surface area contributed by atoms with Crippen LogP contribution >= 0.6 is 0 Å². The van der Waals surface area contributed by atoms with E-state index in [1.54, 1.807) is 50.2 Å². The number of halogens is 1. The number of rotatable bonds is 7. The number of para-hydroxylation sites is 2. The number of ether oxygens (including phenoxy) is 1. The summed E-state index contributed by atoms with van der Waals surface area (Å²) in [6.45, 7) is 5.42. The van der Waals surface area contributed by atoms with Crippen molar-refractivity contribution in [3.63, 3.8) is 0 Å². The van der Waals surface area contributed by atoms with Crippen LogP contribution in [-0.4, -0.2) is 33.4 Å². The molecule has 0 aliphatic carbocycles. The molecule has 9 heteroatoms. The minimum absolute atomic E-state index is 0.0930. The van der Waals surface area contributed by atoms with Crippen LogP contribution in [-0.2, 0) is 11.3 Å². The zero-order valence-electron chi connectivity index (χ0n) is 16.9. The number of anilines is 2. The van der Waals surface area contributed by atoms with Crippen LogP contribution in [0, 0.1) is 19.7 Å². The molecule has 0 radical (unpaired) electrons. The quantitative estimate of drug-likeness (QED) is 0.622. The Morgan fingerprint density at radius 1 is 1.13 bits per heavy atom. The molecule has 1 heterocycles. The molecule has 2 N–H and O–H groups in total. The second-order valence-corrected chi connectivity index (χ2v) is 6.58. The molecule has 0 aliphatic rings. The highest BCUT2D eigenvalue weighted by Crippen LogP contribution is 2.24. The second-order valence-electron chi connectivity index (χ2n) is 6.58. The first kappa shape index (κ1) is 21.0. The monoisotopic (exact) mass is 411 g/mol. The number of carbonyl (C=O) groups is 2. The van der Waals surface area contributed by atoms with Crippen LogP contribution in [0.4, 0.5) is 15.8 Å². The first-order valence-corrected chi connectivity index (χ1v) is 9.38. The van der Waals surface area contributed by atoms with E-state index in [1.807, 2.05) is 6.92 Å². The van der Waals surface area contributed by atoms with E-state index in [2.05, 4.69) is 20.9 Å². The lowest BCUT2D eigenvalue weighted by Crippen LogP contribution is -2.21. The van der Waals surface area contributed by atoms with Gasteiger partial charge in [0.05, 0.1) is 18.0 Å². The first-order valence-electron chi connectivity index (χ1n) is 9.38. The Labute approximate surface area is 173 Å². The highest BCUT2D eigenvalue weighted by molar-refractivity contribution is 6.04. The Hall–Kier alpha value is -3.75. The number of amides is 2. The third-order valence-corrected chi connectivity index (χ3v) is 4.38. The molecule has 2 aromatic carbocycles. The van der Waals surface area contributed by atoms with Gasteiger partial charge in [-0.15, -0.1) is 5.10 Å². The molecule has 3 aromatic rings. The lowest BCUT2D eigenvalue weighted by molar-refractivity contribution is -0.117. The smallest absolute Gasteiger partial charge is 0.278 e. The number of aryl methyl sites for hydroxylation is 1. The highest BCUT2D eigenvalue weighted by Gasteiger charge is 2.19. The van der Waals surface area contributed by atoms with E-state index in [4.69, 9.17) is 4.74 Å². The third-order valence-electron chi connectivity index (χ3n) is 4.38. The number of carbonyl (C=O) groups excluding carboxylic acids is 2. The van der Waals surface area contributed by atoms with E-state index < -0.39 is 17.6 Å². The van der Waals surface area contributed by atoms with Crippen molar-refractivity contribution >= 4 is 23.2 Å². The summed E-state index contributed by atoms with van der Waals surface area (Å²) in [4.78, 5) is 24.9. The minimum atomic E-state index is -0.466. The fourth-order valence-electron chi connectivity index (χ4n) is 2.76. The molecule has 2 amide bonds. The van der Waals surface area contributed by atoms with E-state index in [1.165, 1.54) is 10.7 Å². The number of nitrogens with one attached hydrogen (secondary N) is 2. The van der Waals surface area contributed by atoms with Crippen LogP contribution in [0.25, 0.3) is 0 Å². The van der Waals surface area contributed by atoms with Crippen molar-refractivity contribution in [2.24, 2.45) is 0 Å². The van der Waals surface area contributed by atoms with Crippen LogP contribution in [0.3, 0.4) is 0 Å². The average Bonchev–Trinajstić information content (AvgIpc) is 3.07. The average molecular weight is 411 g/mol. The molecule has 0 aliphatic heterocycles. The summed E-state index contributed by atoms with van der Waals surface area (Å²) in [5, 5.41) is 13.1. The number of hydrogen-bond acceptors (Lipinski definition) is 5. The molecule has 156 valence electrons. The van der Waals surface area contributed by atoms with Gasteiger partial charge < -0.3 is 15.4 Å². The Bertz CT molecular complexity index is 1080. The number of nitrogens with zero attached hydrogens (tertiary/aromatic N) is 3. The van der Waals surface area contributed by atoms with Crippen molar-refractivity contribution in [3.8, 4) is 5.75 Å². The zero-order chi connectivity index (χ0) is 21.7. The van der Waals surface area contributed by atoms with Gasteiger partial charge in [-0.3, -0.25) is 9.59 Å². The predicted molar refractivity (Wildman–Crippen MR) is 110 cm³/mol. The molecule has 0 spiro atoms. The molecule has 3 rings (SSSR count). The van der Waals surface area contributed by atoms with E-state index in [0.717, 1.165) is 0 Å². The molecule has 1 aromatic heterocycles. The fourth-order valence-corrected chi connectivity index (χ4v) is 2.76. The van der Waals surface area contributed by atoms with Crippen molar-refractivity contribution in [3.05, 3.63) is 65.2 Å². The van der Waals surface area contributed by atoms with Gasteiger partial charge in [-0.05, 0) is 50.6 Å². The standard InChI is InChI=1S/C21H22FN5O3/c1-4-30-18-8-6-5-7-17(18)24-21(29)20-14(3)27(26-25-20)12-19(28)23-15-10-9-13(2)16(22)11-15/h5-11H,4,12H2,1-3H3,(H,23,28)(H,24,29). The van der Waals surface area contributed by atoms with Crippen LogP contribution in [0.15, 0.2) is 42.5 Å². The van der Waals surface area contributed by atoms with E-state index >= 15 is 0 Å². The van der Waals surface area contributed by atoms with E-state index in [0.29, 0.717) is 35.0 Å². The van der Waals surface area contributed by atoms with Gasteiger partial charge in [-0.2, -0.15) is 0 Å². The SMILES string of the molecule is CCOc1ccccc1NC(=O)c1nnn(CC(=O)Nc2ccc(C)c(F)c2)c1C. The van der Waals surface area contributed by atoms with Crippen molar-refractivity contribution in [2.75, 3.05) is 17.2 Å². The van der Waals surface area contributed by atoms with Crippen molar-refractivity contribution in [1.29, 1.82) is 0 Å². The maximum absolute atomic E-state index is 13.6. The van der Waals surface area contributed by atoms with Gasteiger partial charge in [-0.25, -0.2) is 9.07 Å². The third kappa shape index (κ3) is 4.80. The van der Waals surface area contributed by atoms with Gasteiger partial charge in [0, 0.05) is 5.69 Å². The topological polar surface area (TPSA) is 98.1 Å². The molecule has 0 unspecified atom stereocenters. The second kappa shape index (κ2) is 9.17. The normalized spacial score (nSPS) is 10.5. The number of benzene rings is 2. The van der Waals surface area contributed by atoms with E-state index in [9.17, 15) is 14.0 Å². The molecular formula is C21H22FN5O3. The molecule has 0 atom stereocenters. The van der Waals surface area contributed by atoms with Crippen molar-refractivity contribution in [1.82, 2.24) is 15.0 Å². The van der Waals surface area contributed by atoms with Gasteiger partial charge in [0.2, 0.25) is 5.91 Å². The Balaban J connectivity index is 1.68. The first-order chi connectivity index (χ1) is 14.4. The number of aromatic nitrogens is 3. The van der Waals surface area contributed by atoms with Gasteiger partial charge in [0.1, 0.15) is 18.1 Å². The maximum atomic E-state index is 13.6. The Morgan fingerprint density at radius 2 is 1.90 bits per heavy atom. The maximum Gasteiger partial charge on any atom is 0.278 e. The summed E-state index contributed by atoms with van der Waals surface area (Å²) in [6.07, 6.45) is 0. The lowest BCUT2D eigenvalue weighted by atomic mass is 10.2. The molecule has 0 fully saturated rings. The highest BCUT2D eigenvalue weighted by atomic mass is 19.1. The summed E-state index contributed by atoms with van der Waals surface area (Å²) < 4.78 is 20.4. The van der Waals surface area contributed by atoms with Gasteiger partial charge in [0.25, 0.3) is 5.91 Å². The molecular weight excluding hydrogens is 389 g/mol. The van der Waals surface area contributed by atoms with Gasteiger partial charge in [0.15, 0.2) is 5.69 Å². The van der Waals surface area contributed by atoms with Crippen LogP contribution in [0.2, 0.25) is 0 Å². The molecule has 30 heavy (non-hydrogen) atoms. The molecule has 0 saturated heterocycles. The Kier molecular flexibility index (Phi) is 6.41. The zero-order valence-corrected chi connectivity index (χ0v) is 16.9. The van der Waals surface area contributed by atoms with Crippen LogP contribution < -0.4 is 15.4 Å².